The highest BCUT2D eigenvalue weighted by molar-refractivity contribution is 7.15. The van der Waals surface area contributed by atoms with Crippen molar-refractivity contribution in [1.82, 2.24) is 9.88 Å². The maximum absolute atomic E-state index is 12.4. The molecule has 3 rings (SSSR count). The van der Waals surface area contributed by atoms with Gasteiger partial charge in [-0.2, -0.15) is 0 Å². The van der Waals surface area contributed by atoms with E-state index in [9.17, 15) is 9.59 Å². The predicted octanol–water partition coefficient (Wildman–Crippen LogP) is 2.75. The van der Waals surface area contributed by atoms with Crippen molar-refractivity contribution in [3.63, 3.8) is 0 Å². The number of nitrogens with one attached hydrogen (secondary N) is 1. The molecule has 1 atom stereocenters. The highest BCUT2D eigenvalue weighted by atomic mass is 32.1. The molecule has 0 saturated carbocycles. The van der Waals surface area contributed by atoms with E-state index in [1.807, 2.05) is 6.92 Å². The van der Waals surface area contributed by atoms with Gasteiger partial charge in [0.05, 0.1) is 5.69 Å². The normalized spacial score (nSPS) is 20.2. The van der Waals surface area contributed by atoms with Gasteiger partial charge in [-0.1, -0.05) is 6.42 Å². The van der Waals surface area contributed by atoms with Crippen LogP contribution in [0.5, 0.6) is 0 Å². The summed E-state index contributed by atoms with van der Waals surface area (Å²) in [5.41, 5.74) is 1.14. The number of rotatable bonds is 3. The number of amides is 2. The maximum Gasteiger partial charge on any atom is 0.248 e. The summed E-state index contributed by atoms with van der Waals surface area (Å²) in [6, 6.07) is -0.425. The molecule has 1 aromatic heterocycles. The van der Waals surface area contributed by atoms with Crippen LogP contribution in [0.4, 0.5) is 5.13 Å². The number of aromatic nitrogens is 1. The summed E-state index contributed by atoms with van der Waals surface area (Å²) in [6.45, 7) is 2.49. The second-order valence-electron chi connectivity index (χ2n) is 6.16. The zero-order valence-corrected chi connectivity index (χ0v) is 13.9. The van der Waals surface area contributed by atoms with Gasteiger partial charge < -0.3 is 10.2 Å². The fraction of sp³-hybridized carbons (Fsp3) is 0.688. The predicted molar refractivity (Wildman–Crippen MR) is 87.0 cm³/mol. The van der Waals surface area contributed by atoms with Gasteiger partial charge in [0.25, 0.3) is 0 Å². The van der Waals surface area contributed by atoms with Crippen LogP contribution in [0.15, 0.2) is 0 Å². The Hall–Kier alpha value is -1.43. The number of aryl methyl sites for hydroxylation is 2. The number of hydrogen-bond acceptors (Lipinski definition) is 4. The molecular weight excluding hydrogens is 298 g/mol. The van der Waals surface area contributed by atoms with Crippen molar-refractivity contribution in [3.8, 4) is 0 Å². The molecule has 6 heteroatoms. The SMILES string of the molecule is C[C@H](C(=O)Nc1nc2c(s1)CCCC2)N1CCCCCC1=O. The fourth-order valence-electron chi connectivity index (χ4n) is 3.17. The second kappa shape index (κ2) is 6.77. The average Bonchev–Trinajstić information content (AvgIpc) is 2.79. The summed E-state index contributed by atoms with van der Waals surface area (Å²) >= 11 is 1.59. The minimum Gasteiger partial charge on any atom is -0.331 e. The van der Waals surface area contributed by atoms with Crippen LogP contribution in [0.3, 0.4) is 0 Å². The maximum atomic E-state index is 12.4. The number of nitrogens with zero attached hydrogens (tertiary/aromatic N) is 2. The van der Waals surface area contributed by atoms with E-state index in [0.29, 0.717) is 18.1 Å². The molecule has 2 aliphatic rings. The smallest absolute Gasteiger partial charge is 0.248 e. The van der Waals surface area contributed by atoms with Gasteiger partial charge in [-0.25, -0.2) is 4.98 Å². The van der Waals surface area contributed by atoms with Gasteiger partial charge in [0.15, 0.2) is 5.13 Å². The van der Waals surface area contributed by atoms with Crippen molar-refractivity contribution in [3.05, 3.63) is 10.6 Å². The molecule has 22 heavy (non-hydrogen) atoms. The quantitative estimate of drug-likeness (QED) is 0.931. The van der Waals surface area contributed by atoms with Crippen molar-refractivity contribution in [2.75, 3.05) is 11.9 Å². The summed E-state index contributed by atoms with van der Waals surface area (Å²) < 4.78 is 0. The summed E-state index contributed by atoms with van der Waals surface area (Å²) in [5.74, 6) is -0.0278. The van der Waals surface area contributed by atoms with Crippen LogP contribution in [-0.4, -0.2) is 34.3 Å². The Balaban J connectivity index is 1.65. The van der Waals surface area contributed by atoms with Crippen LogP contribution in [0.25, 0.3) is 0 Å². The van der Waals surface area contributed by atoms with Crippen LogP contribution in [-0.2, 0) is 22.4 Å². The number of thiazole rings is 1. The van der Waals surface area contributed by atoms with E-state index >= 15 is 0 Å². The van der Waals surface area contributed by atoms with Crippen molar-refractivity contribution in [2.24, 2.45) is 0 Å². The molecule has 1 saturated heterocycles. The summed E-state index contributed by atoms with van der Waals surface area (Å²) in [4.78, 5) is 32.1. The van der Waals surface area contributed by atoms with E-state index in [1.165, 1.54) is 17.7 Å². The third-order valence-corrected chi connectivity index (χ3v) is 5.61. The highest BCUT2D eigenvalue weighted by Gasteiger charge is 2.27. The highest BCUT2D eigenvalue weighted by Crippen LogP contribution is 2.29. The van der Waals surface area contributed by atoms with Gasteiger partial charge in [0, 0.05) is 17.8 Å². The summed E-state index contributed by atoms with van der Waals surface area (Å²) in [5, 5.41) is 3.60. The first kappa shape index (κ1) is 15.5. The van der Waals surface area contributed by atoms with Crippen molar-refractivity contribution < 1.29 is 9.59 Å². The summed E-state index contributed by atoms with van der Waals surface area (Å²) in [7, 11) is 0. The lowest BCUT2D eigenvalue weighted by Gasteiger charge is -2.26. The minimum absolute atomic E-state index is 0.0959. The Labute approximate surface area is 135 Å². The topological polar surface area (TPSA) is 62.3 Å². The molecule has 1 fully saturated rings. The number of fused-ring (bicyclic) bond motifs is 1. The first-order valence-corrected chi connectivity index (χ1v) is 9.05. The fourth-order valence-corrected chi connectivity index (χ4v) is 4.22. The van der Waals surface area contributed by atoms with E-state index in [-0.39, 0.29) is 11.8 Å². The Morgan fingerprint density at radius 3 is 2.77 bits per heavy atom. The number of carbonyl (C=O) groups excluding carboxylic acids is 2. The molecule has 0 unspecified atom stereocenters. The standard InChI is InChI=1S/C16H23N3O2S/c1-11(19-10-6-2-3-9-14(19)20)15(21)18-16-17-12-7-4-5-8-13(12)22-16/h11H,2-10H2,1H3,(H,17,18,21)/t11-/m1/s1. The van der Waals surface area contributed by atoms with E-state index in [1.54, 1.807) is 16.2 Å². The Morgan fingerprint density at radius 1 is 1.18 bits per heavy atom. The molecule has 2 heterocycles. The third kappa shape index (κ3) is 3.32. The van der Waals surface area contributed by atoms with Gasteiger partial charge in [0.1, 0.15) is 6.04 Å². The number of anilines is 1. The van der Waals surface area contributed by atoms with Gasteiger partial charge in [-0.05, 0) is 45.4 Å². The lowest BCUT2D eigenvalue weighted by atomic mass is 10.0. The van der Waals surface area contributed by atoms with Crippen LogP contribution in [0, 0.1) is 0 Å². The lowest BCUT2D eigenvalue weighted by Crippen LogP contribution is -2.45. The molecule has 0 aromatic carbocycles. The van der Waals surface area contributed by atoms with Gasteiger partial charge in [0.2, 0.25) is 11.8 Å². The molecule has 120 valence electrons. The molecule has 2 amide bonds. The Morgan fingerprint density at radius 2 is 1.95 bits per heavy atom. The third-order valence-electron chi connectivity index (χ3n) is 4.53. The van der Waals surface area contributed by atoms with Crippen LogP contribution in [0.1, 0.15) is 56.0 Å². The van der Waals surface area contributed by atoms with E-state index in [2.05, 4.69) is 10.3 Å². The molecule has 1 aliphatic heterocycles. The molecule has 1 N–H and O–H groups in total. The number of likely N-dealkylation sites (tertiary alicyclic amines) is 1. The monoisotopic (exact) mass is 321 g/mol. The van der Waals surface area contributed by atoms with Crippen LogP contribution in [0.2, 0.25) is 0 Å². The van der Waals surface area contributed by atoms with Gasteiger partial charge in [-0.15, -0.1) is 11.3 Å². The Kier molecular flexibility index (Phi) is 4.76. The van der Waals surface area contributed by atoms with E-state index < -0.39 is 6.04 Å². The van der Waals surface area contributed by atoms with Crippen molar-refractivity contribution >= 4 is 28.3 Å². The van der Waals surface area contributed by atoms with E-state index in [0.717, 1.165) is 37.8 Å². The number of carbonyl (C=O) groups is 2. The minimum atomic E-state index is -0.425. The van der Waals surface area contributed by atoms with Crippen molar-refractivity contribution in [2.45, 2.75) is 64.3 Å². The Bertz CT molecular complexity index is 546. The van der Waals surface area contributed by atoms with Gasteiger partial charge in [-0.3, -0.25) is 9.59 Å². The van der Waals surface area contributed by atoms with Crippen LogP contribution < -0.4 is 5.32 Å². The van der Waals surface area contributed by atoms with Gasteiger partial charge >= 0.3 is 0 Å². The average molecular weight is 321 g/mol. The first-order chi connectivity index (χ1) is 10.6. The lowest BCUT2D eigenvalue weighted by molar-refractivity contribution is -0.137. The zero-order chi connectivity index (χ0) is 15.5. The molecule has 1 aliphatic carbocycles. The molecule has 5 nitrogen and oxygen atoms in total. The summed E-state index contributed by atoms with van der Waals surface area (Å²) in [6.07, 6.45) is 8.02. The van der Waals surface area contributed by atoms with E-state index in [4.69, 9.17) is 0 Å². The molecule has 0 spiro atoms. The first-order valence-electron chi connectivity index (χ1n) is 8.24. The molecule has 0 bridgehead atoms. The molecular formula is C16H23N3O2S. The second-order valence-corrected chi connectivity index (χ2v) is 7.24. The zero-order valence-electron chi connectivity index (χ0n) is 13.1. The number of hydrogen-bond donors (Lipinski definition) is 1. The molecule has 0 radical (unpaired) electrons. The largest absolute Gasteiger partial charge is 0.331 e. The van der Waals surface area contributed by atoms with Crippen molar-refractivity contribution in [1.29, 1.82) is 0 Å². The molecule has 1 aromatic rings. The van der Waals surface area contributed by atoms with Crippen LogP contribution >= 0.6 is 11.3 Å².